The Bertz CT molecular complexity index is 850. The molecule has 2 aromatic rings. The summed E-state index contributed by atoms with van der Waals surface area (Å²) in [7, 11) is 0. The van der Waals surface area contributed by atoms with Crippen molar-refractivity contribution < 1.29 is 9.59 Å². The summed E-state index contributed by atoms with van der Waals surface area (Å²) in [6.07, 6.45) is 8.20. The Balaban J connectivity index is 1.34. The van der Waals surface area contributed by atoms with Gasteiger partial charge in [0.25, 0.3) is 0 Å². The summed E-state index contributed by atoms with van der Waals surface area (Å²) in [6, 6.07) is 8.51. The third kappa shape index (κ3) is 6.26. The summed E-state index contributed by atoms with van der Waals surface area (Å²) < 4.78 is 1.19. The number of carbonyl (C=O) groups is 2. The van der Waals surface area contributed by atoms with Crippen LogP contribution in [0, 0.1) is 0 Å². The first kappa shape index (κ1) is 22.2. The van der Waals surface area contributed by atoms with Gasteiger partial charge in [-0.05, 0) is 50.8 Å². The average Bonchev–Trinajstić information content (AvgIpc) is 3.20. The minimum atomic E-state index is 0.180. The van der Waals surface area contributed by atoms with Gasteiger partial charge in [-0.25, -0.2) is 4.98 Å². The van der Waals surface area contributed by atoms with Crippen molar-refractivity contribution in [1.29, 1.82) is 0 Å². The molecule has 0 bridgehead atoms. The van der Waals surface area contributed by atoms with E-state index in [1.165, 1.54) is 17.5 Å². The fourth-order valence-corrected chi connectivity index (χ4v) is 5.72. The van der Waals surface area contributed by atoms with E-state index >= 15 is 0 Å². The van der Waals surface area contributed by atoms with Gasteiger partial charge in [0.2, 0.25) is 11.8 Å². The van der Waals surface area contributed by atoms with Crippen LogP contribution in [0.5, 0.6) is 0 Å². The number of hydrogen-bond acceptors (Lipinski definition) is 5. The number of aromatic nitrogens is 1. The quantitative estimate of drug-likeness (QED) is 0.789. The second-order valence-electron chi connectivity index (χ2n) is 8.76. The molecule has 2 saturated heterocycles. The van der Waals surface area contributed by atoms with Crippen molar-refractivity contribution in [3.63, 3.8) is 0 Å². The minimum Gasteiger partial charge on any atom is -0.356 e. The molecule has 1 atom stereocenters. The molecule has 0 radical (unpaired) electrons. The van der Waals surface area contributed by atoms with E-state index in [9.17, 15) is 9.59 Å². The molecule has 168 valence electrons. The smallest absolute Gasteiger partial charge is 0.222 e. The zero-order valence-electron chi connectivity index (χ0n) is 18.4. The van der Waals surface area contributed by atoms with E-state index in [2.05, 4.69) is 21.3 Å². The van der Waals surface area contributed by atoms with Crippen molar-refractivity contribution in [2.24, 2.45) is 0 Å². The molecule has 0 spiro atoms. The maximum absolute atomic E-state index is 13.0. The number of piperidine rings is 1. The Morgan fingerprint density at radius 1 is 1.06 bits per heavy atom. The van der Waals surface area contributed by atoms with Gasteiger partial charge >= 0.3 is 0 Å². The number of benzene rings is 1. The van der Waals surface area contributed by atoms with Crippen molar-refractivity contribution in [3.8, 4) is 0 Å². The largest absolute Gasteiger partial charge is 0.356 e. The van der Waals surface area contributed by atoms with E-state index < -0.39 is 0 Å². The predicted molar refractivity (Wildman–Crippen MR) is 125 cm³/mol. The monoisotopic (exact) mass is 442 g/mol. The zero-order chi connectivity index (χ0) is 21.5. The molecule has 2 aliphatic rings. The maximum atomic E-state index is 13.0. The Morgan fingerprint density at radius 2 is 1.87 bits per heavy atom. The Hall–Kier alpha value is -1.99. The van der Waals surface area contributed by atoms with E-state index in [-0.39, 0.29) is 11.8 Å². The van der Waals surface area contributed by atoms with Crippen molar-refractivity contribution in [1.82, 2.24) is 20.1 Å². The molecular formula is C24H34N4O2S. The van der Waals surface area contributed by atoms with Gasteiger partial charge in [-0.1, -0.05) is 18.6 Å². The van der Waals surface area contributed by atoms with Gasteiger partial charge in [0.05, 0.1) is 15.2 Å². The number of hydrogen-bond donors (Lipinski definition) is 1. The maximum Gasteiger partial charge on any atom is 0.222 e. The SMILES string of the molecule is O=C1CC2CCCCN2CCCN(C(=O)CCc2nc3ccccc3s2)CCCCN1. The third-order valence-electron chi connectivity index (χ3n) is 6.46. The highest BCUT2D eigenvalue weighted by Gasteiger charge is 2.25. The van der Waals surface area contributed by atoms with Gasteiger partial charge in [-0.2, -0.15) is 0 Å². The first-order chi connectivity index (χ1) is 15.2. The van der Waals surface area contributed by atoms with Crippen molar-refractivity contribution in [3.05, 3.63) is 29.3 Å². The highest BCUT2D eigenvalue weighted by Crippen LogP contribution is 2.23. The number of aryl methyl sites for hydroxylation is 1. The molecule has 6 nitrogen and oxygen atoms in total. The van der Waals surface area contributed by atoms with E-state index in [0.29, 0.717) is 31.8 Å². The number of thiazole rings is 1. The lowest BCUT2D eigenvalue weighted by Crippen LogP contribution is -2.44. The molecule has 1 N–H and O–H groups in total. The minimum absolute atomic E-state index is 0.180. The molecule has 1 aromatic carbocycles. The first-order valence-electron chi connectivity index (χ1n) is 11.8. The molecule has 1 aromatic heterocycles. The van der Waals surface area contributed by atoms with Crippen LogP contribution < -0.4 is 5.32 Å². The number of para-hydroxylation sites is 1. The first-order valence-corrected chi connectivity index (χ1v) is 12.6. The lowest BCUT2D eigenvalue weighted by molar-refractivity contribution is -0.131. The van der Waals surface area contributed by atoms with E-state index in [1.54, 1.807) is 11.3 Å². The Morgan fingerprint density at radius 3 is 2.77 bits per heavy atom. The summed E-state index contributed by atoms with van der Waals surface area (Å²) in [5.41, 5.74) is 1.02. The standard InChI is InChI=1S/C24H34N4O2S/c29-22-18-19-8-3-5-14-27(19)16-7-17-28(15-6-4-13-25-22)24(30)12-11-23-26-20-9-1-2-10-21(20)31-23/h1-2,9-10,19H,3-8,11-18H2,(H,25,29). The van der Waals surface area contributed by atoms with Crippen molar-refractivity contribution in [2.75, 3.05) is 32.7 Å². The van der Waals surface area contributed by atoms with E-state index in [4.69, 9.17) is 0 Å². The third-order valence-corrected chi connectivity index (χ3v) is 7.56. The second-order valence-corrected chi connectivity index (χ2v) is 9.87. The number of nitrogens with zero attached hydrogens (tertiary/aromatic N) is 3. The van der Waals surface area contributed by atoms with Crippen LogP contribution in [0.15, 0.2) is 24.3 Å². The number of fused-ring (bicyclic) bond motifs is 2. The highest BCUT2D eigenvalue weighted by molar-refractivity contribution is 7.18. The molecule has 2 fully saturated rings. The predicted octanol–water partition coefficient (Wildman–Crippen LogP) is 3.60. The molecule has 0 saturated carbocycles. The van der Waals surface area contributed by atoms with Crippen LogP contribution in [0.1, 0.15) is 56.4 Å². The van der Waals surface area contributed by atoms with E-state index in [0.717, 1.165) is 62.4 Å². The second kappa shape index (κ2) is 11.0. The van der Waals surface area contributed by atoms with Crippen LogP contribution in [-0.2, 0) is 16.0 Å². The number of nitrogens with one attached hydrogen (secondary N) is 1. The van der Waals surface area contributed by atoms with Gasteiger partial charge < -0.3 is 10.2 Å². The van der Waals surface area contributed by atoms with Crippen molar-refractivity contribution in [2.45, 2.75) is 63.8 Å². The lowest BCUT2D eigenvalue weighted by atomic mass is 9.98. The molecule has 7 heteroatoms. The summed E-state index contributed by atoms with van der Waals surface area (Å²) >= 11 is 1.69. The average molecular weight is 443 g/mol. The zero-order valence-corrected chi connectivity index (χ0v) is 19.2. The lowest BCUT2D eigenvalue weighted by Gasteiger charge is -2.35. The van der Waals surface area contributed by atoms with Gasteiger partial charge in [-0.3, -0.25) is 14.5 Å². The van der Waals surface area contributed by atoms with Crippen LogP contribution in [0.2, 0.25) is 0 Å². The van der Waals surface area contributed by atoms with Crippen LogP contribution >= 0.6 is 11.3 Å². The van der Waals surface area contributed by atoms with Gasteiger partial charge in [0, 0.05) is 51.5 Å². The van der Waals surface area contributed by atoms with Crippen LogP contribution in [-0.4, -0.2) is 65.4 Å². The molecule has 3 heterocycles. The molecule has 1 unspecified atom stereocenters. The summed E-state index contributed by atoms with van der Waals surface area (Å²) in [5, 5.41) is 4.12. The summed E-state index contributed by atoms with van der Waals surface area (Å²) in [5.74, 6) is 0.410. The fraction of sp³-hybridized carbons (Fsp3) is 0.625. The Kier molecular flexibility index (Phi) is 7.92. The van der Waals surface area contributed by atoms with E-state index in [1.807, 2.05) is 23.1 Å². The normalized spacial score (nSPS) is 22.1. The Labute approximate surface area is 189 Å². The van der Waals surface area contributed by atoms with Crippen molar-refractivity contribution >= 4 is 33.4 Å². The fourth-order valence-electron chi connectivity index (χ4n) is 4.75. The van der Waals surface area contributed by atoms with Crippen LogP contribution in [0.3, 0.4) is 0 Å². The van der Waals surface area contributed by atoms with Gasteiger partial charge in [0.1, 0.15) is 0 Å². The van der Waals surface area contributed by atoms with Gasteiger partial charge in [0.15, 0.2) is 0 Å². The molecule has 2 aliphatic heterocycles. The van der Waals surface area contributed by atoms with Gasteiger partial charge in [-0.15, -0.1) is 11.3 Å². The molecule has 0 aliphatic carbocycles. The van der Waals surface area contributed by atoms with Crippen LogP contribution in [0.25, 0.3) is 10.2 Å². The summed E-state index contributed by atoms with van der Waals surface area (Å²) in [4.78, 5) is 34.5. The highest BCUT2D eigenvalue weighted by atomic mass is 32.1. The topological polar surface area (TPSA) is 65.5 Å². The molecular weight excluding hydrogens is 408 g/mol. The number of amides is 2. The molecule has 31 heavy (non-hydrogen) atoms. The summed E-state index contributed by atoms with van der Waals surface area (Å²) in [6.45, 7) is 4.34. The number of rotatable bonds is 3. The molecule has 4 rings (SSSR count). The number of carbonyl (C=O) groups excluding carboxylic acids is 2. The van der Waals surface area contributed by atoms with Crippen LogP contribution in [0.4, 0.5) is 0 Å². The molecule has 2 amide bonds.